The molecule has 0 unspecified atom stereocenters. The van der Waals surface area contributed by atoms with Crippen LogP contribution in [0.2, 0.25) is 0 Å². The molecule has 7 heteroatoms. The summed E-state index contributed by atoms with van der Waals surface area (Å²) in [6.45, 7) is 4.93. The van der Waals surface area contributed by atoms with Gasteiger partial charge in [-0.3, -0.25) is 0 Å². The fourth-order valence-corrected chi connectivity index (χ4v) is 3.85. The van der Waals surface area contributed by atoms with Crippen LogP contribution in [0.3, 0.4) is 0 Å². The lowest BCUT2D eigenvalue weighted by Crippen LogP contribution is -2.10. The number of aromatic nitrogens is 2. The average molecular weight is 474 g/mol. The summed E-state index contributed by atoms with van der Waals surface area (Å²) in [5.74, 6) is 1.98. The van der Waals surface area contributed by atoms with Gasteiger partial charge in [0.25, 0.3) is 5.89 Å². The largest absolute Gasteiger partial charge is 0.490 e. The van der Waals surface area contributed by atoms with E-state index in [0.717, 1.165) is 34.2 Å². The Morgan fingerprint density at radius 3 is 2.73 bits per heavy atom. The molecule has 3 aromatic rings. The third kappa shape index (κ3) is 5.47. The van der Waals surface area contributed by atoms with Crippen LogP contribution >= 0.6 is 15.9 Å². The summed E-state index contributed by atoms with van der Waals surface area (Å²) < 4.78 is 12.1. The van der Waals surface area contributed by atoms with Gasteiger partial charge in [0.2, 0.25) is 5.82 Å². The van der Waals surface area contributed by atoms with Crippen LogP contribution in [0.5, 0.6) is 5.75 Å². The molecule has 0 atom stereocenters. The highest BCUT2D eigenvalue weighted by atomic mass is 79.9. The number of aryl methyl sites for hydroxylation is 1. The van der Waals surface area contributed by atoms with Crippen molar-refractivity contribution in [1.82, 2.24) is 15.5 Å². The van der Waals surface area contributed by atoms with E-state index in [-0.39, 0.29) is 12.7 Å². The Kier molecular flexibility index (Phi) is 8.01. The number of aliphatic hydroxyl groups is 1. The highest BCUT2D eigenvalue weighted by Gasteiger charge is 2.19. The molecular formula is C23H28BrN3O3. The van der Waals surface area contributed by atoms with Crippen LogP contribution in [-0.2, 0) is 12.8 Å². The number of fused-ring (bicyclic) bond motifs is 1. The molecule has 2 aromatic carbocycles. The van der Waals surface area contributed by atoms with E-state index >= 15 is 0 Å². The number of benzene rings is 2. The van der Waals surface area contributed by atoms with E-state index in [1.165, 1.54) is 17.5 Å². The Labute approximate surface area is 185 Å². The number of nitrogens with zero attached hydrogens (tertiary/aromatic N) is 2. The van der Waals surface area contributed by atoms with Crippen LogP contribution in [0.25, 0.3) is 22.8 Å². The normalized spacial score (nSPS) is 12.5. The maximum absolute atomic E-state index is 8.00. The van der Waals surface area contributed by atoms with Crippen molar-refractivity contribution in [1.29, 1.82) is 0 Å². The monoisotopic (exact) mass is 473 g/mol. The first-order valence-corrected chi connectivity index (χ1v) is 11.0. The van der Waals surface area contributed by atoms with Gasteiger partial charge in [-0.2, -0.15) is 4.98 Å². The summed E-state index contributed by atoms with van der Waals surface area (Å²) in [5.41, 5.74) is 4.72. The minimum absolute atomic E-state index is 0.123. The topological polar surface area (TPSA) is 80.4 Å². The Balaban J connectivity index is 0.000000461. The number of ether oxygens (including phenoxy) is 1. The molecule has 1 aliphatic carbocycles. The second-order valence-electron chi connectivity index (χ2n) is 7.36. The molecule has 0 radical (unpaired) electrons. The van der Waals surface area contributed by atoms with E-state index in [1.54, 1.807) is 7.05 Å². The molecule has 2 N–H and O–H groups in total. The van der Waals surface area contributed by atoms with Crippen molar-refractivity contribution in [2.24, 2.45) is 0 Å². The number of rotatable bonds is 6. The molecule has 0 saturated carbocycles. The molecule has 30 heavy (non-hydrogen) atoms. The Morgan fingerprint density at radius 1 is 1.23 bits per heavy atom. The zero-order chi connectivity index (χ0) is 21.5. The third-order valence-corrected chi connectivity index (χ3v) is 5.34. The molecule has 1 aromatic heterocycles. The van der Waals surface area contributed by atoms with E-state index in [1.807, 2.05) is 32.0 Å². The summed E-state index contributed by atoms with van der Waals surface area (Å²) in [5, 5.41) is 15.0. The minimum Gasteiger partial charge on any atom is -0.490 e. The number of halogens is 1. The first-order valence-electron chi connectivity index (χ1n) is 10.2. The molecule has 160 valence electrons. The summed E-state index contributed by atoms with van der Waals surface area (Å²) in [7, 11) is 1.80. The number of aliphatic hydroxyl groups excluding tert-OH is 1. The molecule has 0 bridgehead atoms. The smallest absolute Gasteiger partial charge is 0.258 e. The summed E-state index contributed by atoms with van der Waals surface area (Å²) in [4.78, 5) is 4.62. The zero-order valence-corrected chi connectivity index (χ0v) is 19.2. The van der Waals surface area contributed by atoms with Crippen molar-refractivity contribution >= 4 is 15.9 Å². The predicted octanol–water partition coefficient (Wildman–Crippen LogP) is 4.64. The van der Waals surface area contributed by atoms with E-state index in [2.05, 4.69) is 49.6 Å². The van der Waals surface area contributed by atoms with Crippen LogP contribution in [0.15, 0.2) is 45.4 Å². The molecule has 0 aliphatic heterocycles. The fourth-order valence-electron chi connectivity index (χ4n) is 3.37. The van der Waals surface area contributed by atoms with Crippen LogP contribution in [-0.4, -0.2) is 41.6 Å². The van der Waals surface area contributed by atoms with Crippen molar-refractivity contribution in [2.45, 2.75) is 39.2 Å². The second-order valence-corrected chi connectivity index (χ2v) is 8.21. The van der Waals surface area contributed by atoms with Crippen molar-refractivity contribution < 1.29 is 14.4 Å². The van der Waals surface area contributed by atoms with Crippen LogP contribution in [0.1, 0.15) is 31.4 Å². The number of nitrogens with one attached hydrogen (secondary N) is 1. The fraction of sp³-hybridized carbons (Fsp3) is 0.391. The van der Waals surface area contributed by atoms with Gasteiger partial charge in [-0.1, -0.05) is 23.4 Å². The minimum atomic E-state index is 0.123. The first kappa shape index (κ1) is 22.5. The molecule has 6 nitrogen and oxygen atoms in total. The SMILES string of the molecule is CC(C)Oc1ccc(-c2nc(-c3cccc4c3CCC4)no2)cc1Br.CNCCO. The zero-order valence-electron chi connectivity index (χ0n) is 17.6. The highest BCUT2D eigenvalue weighted by Crippen LogP contribution is 2.34. The Hall–Kier alpha value is -2.22. The van der Waals surface area contributed by atoms with E-state index in [9.17, 15) is 0 Å². The van der Waals surface area contributed by atoms with Gasteiger partial charge in [0.15, 0.2) is 0 Å². The number of hydrogen-bond donors (Lipinski definition) is 2. The van der Waals surface area contributed by atoms with Gasteiger partial charge in [-0.15, -0.1) is 0 Å². The molecule has 4 rings (SSSR count). The lowest BCUT2D eigenvalue weighted by molar-refractivity contribution is 0.241. The van der Waals surface area contributed by atoms with Crippen LogP contribution < -0.4 is 10.1 Å². The van der Waals surface area contributed by atoms with Gasteiger partial charge >= 0.3 is 0 Å². The number of hydrogen-bond acceptors (Lipinski definition) is 6. The van der Waals surface area contributed by atoms with E-state index < -0.39 is 0 Å². The number of likely N-dealkylation sites (N-methyl/N-ethyl adjacent to an activating group) is 1. The summed E-state index contributed by atoms with van der Waals surface area (Å²) >= 11 is 3.55. The van der Waals surface area contributed by atoms with Crippen molar-refractivity contribution in [3.05, 3.63) is 52.0 Å². The van der Waals surface area contributed by atoms with Gasteiger partial charge < -0.3 is 19.7 Å². The summed E-state index contributed by atoms with van der Waals surface area (Å²) in [6.07, 6.45) is 3.54. The highest BCUT2D eigenvalue weighted by molar-refractivity contribution is 9.10. The van der Waals surface area contributed by atoms with Crippen LogP contribution in [0, 0.1) is 0 Å². The first-order chi connectivity index (χ1) is 14.5. The molecule has 0 fully saturated rings. The lowest BCUT2D eigenvalue weighted by atomic mass is 10.0. The van der Waals surface area contributed by atoms with E-state index in [0.29, 0.717) is 18.3 Å². The molecule has 1 heterocycles. The Morgan fingerprint density at radius 2 is 2.07 bits per heavy atom. The third-order valence-electron chi connectivity index (χ3n) is 4.72. The molecule has 0 spiro atoms. The quantitative estimate of drug-likeness (QED) is 0.542. The van der Waals surface area contributed by atoms with Gasteiger partial charge in [0.1, 0.15) is 5.75 Å². The van der Waals surface area contributed by atoms with Crippen LogP contribution in [0.4, 0.5) is 0 Å². The average Bonchev–Trinajstić information content (AvgIpc) is 3.39. The lowest BCUT2D eigenvalue weighted by Gasteiger charge is -2.11. The van der Waals surface area contributed by atoms with Gasteiger partial charge in [-0.25, -0.2) is 0 Å². The molecule has 1 aliphatic rings. The van der Waals surface area contributed by atoms with Crippen molar-refractivity contribution in [2.75, 3.05) is 20.2 Å². The predicted molar refractivity (Wildman–Crippen MR) is 122 cm³/mol. The molecule has 0 saturated heterocycles. The van der Waals surface area contributed by atoms with E-state index in [4.69, 9.17) is 14.4 Å². The molecule has 0 amide bonds. The maximum Gasteiger partial charge on any atom is 0.258 e. The second kappa shape index (κ2) is 10.7. The van der Waals surface area contributed by atoms with Gasteiger partial charge in [0, 0.05) is 17.7 Å². The summed E-state index contributed by atoms with van der Waals surface area (Å²) in [6, 6.07) is 12.2. The van der Waals surface area contributed by atoms with Crippen molar-refractivity contribution in [3.63, 3.8) is 0 Å². The Bertz CT molecular complexity index is 970. The molecular weight excluding hydrogens is 446 g/mol. The van der Waals surface area contributed by atoms with Gasteiger partial charge in [-0.05, 0) is 85.4 Å². The van der Waals surface area contributed by atoms with Gasteiger partial charge in [0.05, 0.1) is 17.2 Å². The van der Waals surface area contributed by atoms with Crippen molar-refractivity contribution in [3.8, 4) is 28.6 Å². The maximum atomic E-state index is 8.00. The standard InChI is InChI=1S/C20H19BrN2O2.C3H9NO/c1-12(2)24-18-10-9-14(11-17(18)21)20-22-19(23-25-20)16-8-4-6-13-5-3-7-15(13)16;1-4-2-3-5/h4,6,8-12H,3,5,7H2,1-2H3;4-5H,2-3H2,1H3.